The van der Waals surface area contributed by atoms with Gasteiger partial charge in [-0.15, -0.1) is 11.3 Å². The molecule has 1 aliphatic heterocycles. The van der Waals surface area contributed by atoms with Gasteiger partial charge in [-0.1, -0.05) is 24.3 Å². The Morgan fingerprint density at radius 1 is 1.20 bits per heavy atom. The molecule has 0 N–H and O–H groups in total. The molecule has 9 heteroatoms. The molecule has 35 heavy (non-hydrogen) atoms. The first-order valence-corrected chi connectivity index (χ1v) is 14.3. The number of sulfone groups is 1. The molecule has 3 heterocycles. The number of fused-ring (bicyclic) bond motifs is 2. The third-order valence-corrected chi connectivity index (χ3v) is 9.28. The third kappa shape index (κ3) is 4.88. The molecule has 1 aliphatic carbocycles. The lowest BCUT2D eigenvalue weighted by atomic mass is 9.86. The molecule has 1 atom stereocenters. The zero-order chi connectivity index (χ0) is 24.6. The van der Waals surface area contributed by atoms with Crippen LogP contribution in [0.25, 0.3) is 22.6 Å². The Morgan fingerprint density at radius 2 is 2.03 bits per heavy atom. The normalized spacial score (nSPS) is 20.0. The first kappa shape index (κ1) is 23.7. The van der Waals surface area contributed by atoms with Crippen LogP contribution in [-0.2, 0) is 25.8 Å². The number of amides is 1. The van der Waals surface area contributed by atoms with E-state index in [2.05, 4.69) is 12.1 Å². The number of carbonyl (C=O) groups excluding carboxylic acids is 2. The van der Waals surface area contributed by atoms with Gasteiger partial charge in [0.2, 0.25) is 0 Å². The summed E-state index contributed by atoms with van der Waals surface area (Å²) in [6.45, 7) is -0.435. The highest BCUT2D eigenvalue weighted by Gasteiger charge is 2.33. The number of pyridine rings is 1. The summed E-state index contributed by atoms with van der Waals surface area (Å²) in [6, 6.07) is 11.2. The topological polar surface area (TPSA) is 93.6 Å². The minimum atomic E-state index is -3.12. The molecule has 0 radical (unpaired) electrons. The van der Waals surface area contributed by atoms with E-state index < -0.39 is 28.3 Å². The van der Waals surface area contributed by atoms with Gasteiger partial charge in [0.25, 0.3) is 5.91 Å². The highest BCUT2D eigenvalue weighted by Crippen LogP contribution is 2.36. The molecule has 1 saturated heterocycles. The molecular weight excluding hydrogens is 484 g/mol. The maximum atomic E-state index is 13.4. The lowest BCUT2D eigenvalue weighted by molar-refractivity contribution is -0.134. The van der Waals surface area contributed by atoms with Gasteiger partial charge < -0.3 is 9.64 Å². The highest BCUT2D eigenvalue weighted by atomic mass is 32.2. The van der Waals surface area contributed by atoms with Gasteiger partial charge in [-0.2, -0.15) is 0 Å². The molecule has 182 valence electrons. The monoisotopic (exact) mass is 510 g/mol. The van der Waals surface area contributed by atoms with Gasteiger partial charge in [-0.3, -0.25) is 4.79 Å². The van der Waals surface area contributed by atoms with Crippen molar-refractivity contribution in [2.24, 2.45) is 0 Å². The number of thiophene rings is 1. The van der Waals surface area contributed by atoms with E-state index in [1.807, 2.05) is 35.7 Å². The fraction of sp³-hybridized carbons (Fsp3) is 0.346. The van der Waals surface area contributed by atoms with Crippen LogP contribution >= 0.6 is 11.3 Å². The number of likely N-dealkylation sites (N-methyl/N-ethyl adjacent to an activating group) is 1. The fourth-order valence-corrected chi connectivity index (χ4v) is 7.30. The van der Waals surface area contributed by atoms with Crippen LogP contribution < -0.4 is 0 Å². The summed E-state index contributed by atoms with van der Waals surface area (Å²) in [5.74, 6) is -0.944. The van der Waals surface area contributed by atoms with Crippen molar-refractivity contribution in [3.63, 3.8) is 0 Å². The second-order valence-electron chi connectivity index (χ2n) is 9.01. The summed E-state index contributed by atoms with van der Waals surface area (Å²) >= 11 is 1.65. The number of para-hydroxylation sites is 1. The van der Waals surface area contributed by atoms with Crippen LogP contribution in [0, 0.1) is 0 Å². The SMILES string of the molecule is CN(C(=O)COC(=O)c1c2c(nc3ccccc13)C(=Cc1cccs1)CCC2)C1CCS(=O)(=O)C1. The summed E-state index contributed by atoms with van der Waals surface area (Å²) in [5, 5.41) is 2.73. The van der Waals surface area contributed by atoms with Crippen molar-refractivity contribution >= 4 is 55.6 Å². The maximum Gasteiger partial charge on any atom is 0.339 e. The van der Waals surface area contributed by atoms with Crippen molar-refractivity contribution in [3.05, 3.63) is 63.5 Å². The minimum absolute atomic E-state index is 0.0506. The van der Waals surface area contributed by atoms with E-state index in [1.165, 1.54) is 4.90 Å². The predicted molar refractivity (Wildman–Crippen MR) is 137 cm³/mol. The van der Waals surface area contributed by atoms with Crippen LogP contribution in [-0.4, -0.2) is 61.4 Å². The second-order valence-corrected chi connectivity index (χ2v) is 12.2. The van der Waals surface area contributed by atoms with E-state index in [4.69, 9.17) is 9.72 Å². The predicted octanol–water partition coefficient (Wildman–Crippen LogP) is 3.98. The van der Waals surface area contributed by atoms with Gasteiger partial charge in [0.1, 0.15) is 0 Å². The Labute approximate surface area is 208 Å². The average Bonchev–Trinajstić information content (AvgIpc) is 3.49. The molecule has 0 spiro atoms. The van der Waals surface area contributed by atoms with Gasteiger partial charge in [0.15, 0.2) is 16.4 Å². The van der Waals surface area contributed by atoms with Crippen LogP contribution in [0.5, 0.6) is 0 Å². The van der Waals surface area contributed by atoms with Gasteiger partial charge in [-0.05, 0) is 60.4 Å². The third-order valence-electron chi connectivity index (χ3n) is 6.71. The van der Waals surface area contributed by atoms with Crippen LogP contribution in [0.3, 0.4) is 0 Å². The number of hydrogen-bond acceptors (Lipinski definition) is 7. The molecular formula is C26H26N2O5S2. The molecule has 7 nitrogen and oxygen atoms in total. The summed E-state index contributed by atoms with van der Waals surface area (Å²) in [6.07, 6.45) is 5.00. The van der Waals surface area contributed by atoms with Crippen LogP contribution in [0.4, 0.5) is 0 Å². The Balaban J connectivity index is 1.44. The number of hydrogen-bond donors (Lipinski definition) is 0. The first-order valence-electron chi connectivity index (χ1n) is 11.6. The molecule has 2 aromatic heterocycles. The smallest absolute Gasteiger partial charge is 0.339 e. The fourth-order valence-electron chi connectivity index (χ4n) is 4.84. The molecule has 1 aromatic carbocycles. The summed E-state index contributed by atoms with van der Waals surface area (Å²) < 4.78 is 29.1. The van der Waals surface area contributed by atoms with E-state index in [9.17, 15) is 18.0 Å². The molecule has 1 amide bonds. The zero-order valence-corrected chi connectivity index (χ0v) is 21.0. The van der Waals surface area contributed by atoms with E-state index in [1.54, 1.807) is 18.4 Å². The van der Waals surface area contributed by atoms with Crippen LogP contribution in [0.1, 0.15) is 45.8 Å². The van der Waals surface area contributed by atoms with E-state index in [0.29, 0.717) is 29.3 Å². The Hall–Kier alpha value is -3.04. The quantitative estimate of drug-likeness (QED) is 0.482. The van der Waals surface area contributed by atoms with Crippen molar-refractivity contribution < 1.29 is 22.7 Å². The van der Waals surface area contributed by atoms with Crippen molar-refractivity contribution in [2.45, 2.75) is 31.7 Å². The molecule has 5 rings (SSSR count). The second kappa shape index (κ2) is 9.54. The number of carbonyl (C=O) groups is 2. The number of esters is 1. The highest BCUT2D eigenvalue weighted by molar-refractivity contribution is 7.91. The molecule has 1 unspecified atom stereocenters. The maximum absolute atomic E-state index is 13.4. The van der Waals surface area contributed by atoms with Crippen molar-refractivity contribution in [3.8, 4) is 0 Å². The molecule has 1 fully saturated rings. The number of allylic oxidation sites excluding steroid dienone is 1. The number of rotatable bonds is 5. The van der Waals surface area contributed by atoms with Crippen molar-refractivity contribution in [2.75, 3.05) is 25.2 Å². The van der Waals surface area contributed by atoms with Gasteiger partial charge in [0, 0.05) is 23.4 Å². The Kier molecular flexibility index (Phi) is 6.46. The number of aromatic nitrogens is 1. The number of benzene rings is 1. The standard InChI is InChI=1S/C26H26N2O5S2/c1-28(18-11-13-35(31,32)16-18)23(29)15-33-26(30)24-20-8-2-3-10-22(20)27-25-17(6-4-9-21(24)25)14-19-7-5-12-34-19/h2-3,5,7-8,10,12,14,18H,4,6,9,11,13,15-16H2,1H3. The largest absolute Gasteiger partial charge is 0.452 e. The van der Waals surface area contributed by atoms with Gasteiger partial charge in [0.05, 0.1) is 28.3 Å². The van der Waals surface area contributed by atoms with Crippen LogP contribution in [0.2, 0.25) is 0 Å². The Bertz CT molecular complexity index is 1430. The van der Waals surface area contributed by atoms with Gasteiger partial charge >= 0.3 is 5.97 Å². The average molecular weight is 511 g/mol. The Morgan fingerprint density at radius 3 is 2.77 bits per heavy atom. The van der Waals surface area contributed by atoms with Crippen molar-refractivity contribution in [1.29, 1.82) is 0 Å². The van der Waals surface area contributed by atoms with Crippen LogP contribution in [0.15, 0.2) is 41.8 Å². The molecule has 0 bridgehead atoms. The van der Waals surface area contributed by atoms with E-state index in [-0.39, 0.29) is 17.5 Å². The first-order chi connectivity index (χ1) is 16.8. The minimum Gasteiger partial charge on any atom is -0.452 e. The summed E-state index contributed by atoms with van der Waals surface area (Å²) in [5.41, 5.74) is 3.92. The summed E-state index contributed by atoms with van der Waals surface area (Å²) in [4.78, 5) is 33.5. The van der Waals surface area contributed by atoms with Gasteiger partial charge in [-0.25, -0.2) is 18.2 Å². The van der Waals surface area contributed by atoms with E-state index >= 15 is 0 Å². The summed E-state index contributed by atoms with van der Waals surface area (Å²) in [7, 11) is -1.56. The van der Waals surface area contributed by atoms with E-state index in [0.717, 1.165) is 34.5 Å². The molecule has 3 aromatic rings. The zero-order valence-electron chi connectivity index (χ0n) is 19.4. The lowest BCUT2D eigenvalue weighted by Crippen LogP contribution is -2.40. The number of nitrogens with zero attached hydrogens (tertiary/aromatic N) is 2. The molecule has 0 saturated carbocycles. The lowest BCUT2D eigenvalue weighted by Gasteiger charge is -2.24. The molecule has 2 aliphatic rings. The van der Waals surface area contributed by atoms with Crippen molar-refractivity contribution in [1.82, 2.24) is 9.88 Å². The number of ether oxygens (including phenoxy) is 1.